The maximum absolute atomic E-state index is 12.4. The fraction of sp³-hybridized carbons (Fsp3) is 0.600. The van der Waals surface area contributed by atoms with Crippen molar-refractivity contribution in [3.05, 3.63) is 23.8 Å². The molecule has 26 heavy (non-hydrogen) atoms. The third kappa shape index (κ3) is 5.12. The van der Waals surface area contributed by atoms with E-state index in [1.807, 2.05) is 25.1 Å². The Labute approximate surface area is 155 Å². The molecule has 1 fully saturated rings. The van der Waals surface area contributed by atoms with Gasteiger partial charge in [-0.1, -0.05) is 25.3 Å². The molecule has 0 spiro atoms. The number of amides is 1. The molecular formula is C20H29N3O3. The Kier molecular flexibility index (Phi) is 7.28. The monoisotopic (exact) mass is 359 g/mol. The summed E-state index contributed by atoms with van der Waals surface area (Å²) in [5, 5.41) is 15.7. The van der Waals surface area contributed by atoms with Crippen LogP contribution < -0.4 is 20.1 Å². The topological polar surface area (TPSA) is 83.4 Å². The standard InChI is InChI=1S/C20H29N3O3/c1-15(19(24)23-20(14-21)10-5-4-6-11-20)22-12-9-16-7-8-17(25-2)18(13-16)26-3/h7-8,13,15,22H,4-6,9-12H2,1-3H3,(H,23,24). The number of hydrogen-bond donors (Lipinski definition) is 2. The SMILES string of the molecule is COc1ccc(CCNC(C)C(=O)NC2(C#N)CCCCC2)cc1OC. The molecule has 1 unspecified atom stereocenters. The summed E-state index contributed by atoms with van der Waals surface area (Å²) in [6, 6.07) is 7.79. The zero-order chi connectivity index (χ0) is 19.0. The van der Waals surface area contributed by atoms with E-state index in [1.165, 1.54) is 0 Å². The first kappa shape index (κ1) is 20.1. The number of methoxy groups -OCH3 is 2. The number of nitriles is 1. The van der Waals surface area contributed by atoms with Crippen molar-refractivity contribution in [2.45, 2.75) is 57.0 Å². The van der Waals surface area contributed by atoms with Crippen molar-refractivity contribution < 1.29 is 14.3 Å². The summed E-state index contributed by atoms with van der Waals surface area (Å²) in [6.07, 6.45) is 5.38. The predicted octanol–water partition coefficient (Wildman–Crippen LogP) is 2.57. The molecule has 0 bridgehead atoms. The van der Waals surface area contributed by atoms with Crippen molar-refractivity contribution in [1.82, 2.24) is 10.6 Å². The van der Waals surface area contributed by atoms with Gasteiger partial charge in [0.05, 0.1) is 26.3 Å². The fourth-order valence-electron chi connectivity index (χ4n) is 3.33. The first-order chi connectivity index (χ1) is 12.5. The highest BCUT2D eigenvalue weighted by atomic mass is 16.5. The number of nitrogens with one attached hydrogen (secondary N) is 2. The molecule has 1 aromatic rings. The van der Waals surface area contributed by atoms with E-state index in [4.69, 9.17) is 9.47 Å². The van der Waals surface area contributed by atoms with Crippen LogP contribution in [0.15, 0.2) is 18.2 Å². The molecule has 1 aliphatic rings. The van der Waals surface area contributed by atoms with Gasteiger partial charge in [-0.05, 0) is 50.4 Å². The smallest absolute Gasteiger partial charge is 0.238 e. The van der Waals surface area contributed by atoms with Gasteiger partial charge in [-0.15, -0.1) is 0 Å². The fourth-order valence-corrected chi connectivity index (χ4v) is 3.33. The third-order valence-corrected chi connectivity index (χ3v) is 4.99. The summed E-state index contributed by atoms with van der Waals surface area (Å²) in [7, 11) is 3.22. The molecule has 6 nitrogen and oxygen atoms in total. The molecule has 1 atom stereocenters. The van der Waals surface area contributed by atoms with Crippen LogP contribution in [0.3, 0.4) is 0 Å². The van der Waals surface area contributed by atoms with Gasteiger partial charge in [0.25, 0.3) is 0 Å². The second kappa shape index (κ2) is 9.44. The average molecular weight is 359 g/mol. The predicted molar refractivity (Wildman–Crippen MR) is 100 cm³/mol. The first-order valence-corrected chi connectivity index (χ1v) is 9.21. The van der Waals surface area contributed by atoms with Crippen LogP contribution in [0, 0.1) is 11.3 Å². The van der Waals surface area contributed by atoms with Gasteiger partial charge in [-0.2, -0.15) is 5.26 Å². The van der Waals surface area contributed by atoms with E-state index in [0.717, 1.165) is 44.1 Å². The molecule has 0 saturated heterocycles. The van der Waals surface area contributed by atoms with E-state index in [9.17, 15) is 10.1 Å². The maximum atomic E-state index is 12.4. The highest BCUT2D eigenvalue weighted by Gasteiger charge is 2.34. The number of benzene rings is 1. The van der Waals surface area contributed by atoms with Gasteiger partial charge in [0.15, 0.2) is 11.5 Å². The van der Waals surface area contributed by atoms with Crippen LogP contribution in [0.1, 0.15) is 44.6 Å². The number of carbonyl (C=O) groups excluding carboxylic acids is 1. The molecule has 2 rings (SSSR count). The van der Waals surface area contributed by atoms with Gasteiger partial charge in [0.2, 0.25) is 5.91 Å². The van der Waals surface area contributed by atoms with Crippen molar-refractivity contribution in [3.63, 3.8) is 0 Å². The molecule has 142 valence electrons. The van der Waals surface area contributed by atoms with E-state index in [-0.39, 0.29) is 11.9 Å². The Bertz CT molecular complexity index is 648. The van der Waals surface area contributed by atoms with Crippen molar-refractivity contribution in [3.8, 4) is 17.6 Å². The Morgan fingerprint density at radius 2 is 1.92 bits per heavy atom. The highest BCUT2D eigenvalue weighted by Crippen LogP contribution is 2.28. The Balaban J connectivity index is 1.83. The van der Waals surface area contributed by atoms with E-state index >= 15 is 0 Å². The Hall–Kier alpha value is -2.26. The second-order valence-electron chi connectivity index (χ2n) is 6.86. The number of nitrogens with zero attached hydrogens (tertiary/aromatic N) is 1. The molecule has 1 saturated carbocycles. The van der Waals surface area contributed by atoms with E-state index < -0.39 is 5.54 Å². The minimum Gasteiger partial charge on any atom is -0.493 e. The second-order valence-corrected chi connectivity index (χ2v) is 6.86. The molecule has 1 amide bonds. The zero-order valence-corrected chi connectivity index (χ0v) is 15.9. The Morgan fingerprint density at radius 1 is 1.23 bits per heavy atom. The van der Waals surface area contributed by atoms with Gasteiger partial charge >= 0.3 is 0 Å². The lowest BCUT2D eigenvalue weighted by Crippen LogP contribution is -2.54. The lowest BCUT2D eigenvalue weighted by Gasteiger charge is -2.32. The molecule has 0 aromatic heterocycles. The van der Waals surface area contributed by atoms with Gasteiger partial charge in [-0.3, -0.25) is 4.79 Å². The van der Waals surface area contributed by atoms with Crippen molar-refractivity contribution in [1.29, 1.82) is 5.26 Å². The first-order valence-electron chi connectivity index (χ1n) is 9.21. The quantitative estimate of drug-likeness (QED) is 0.745. The van der Waals surface area contributed by atoms with Crippen LogP contribution in [0.2, 0.25) is 0 Å². The van der Waals surface area contributed by atoms with Crippen LogP contribution in [0.4, 0.5) is 0 Å². The van der Waals surface area contributed by atoms with Crippen LogP contribution >= 0.6 is 0 Å². The number of carbonyl (C=O) groups is 1. The van der Waals surface area contributed by atoms with Crippen molar-refractivity contribution >= 4 is 5.91 Å². The van der Waals surface area contributed by atoms with E-state index in [2.05, 4.69) is 16.7 Å². The van der Waals surface area contributed by atoms with E-state index in [1.54, 1.807) is 14.2 Å². The minimum atomic E-state index is -0.686. The summed E-state index contributed by atoms with van der Waals surface area (Å²) >= 11 is 0. The van der Waals surface area contributed by atoms with Gasteiger partial charge in [-0.25, -0.2) is 0 Å². The number of hydrogen-bond acceptors (Lipinski definition) is 5. The molecular weight excluding hydrogens is 330 g/mol. The molecule has 6 heteroatoms. The largest absolute Gasteiger partial charge is 0.493 e. The molecule has 0 radical (unpaired) electrons. The molecule has 0 aliphatic heterocycles. The van der Waals surface area contributed by atoms with E-state index in [0.29, 0.717) is 18.0 Å². The minimum absolute atomic E-state index is 0.110. The lowest BCUT2D eigenvalue weighted by molar-refractivity contribution is -0.124. The zero-order valence-electron chi connectivity index (χ0n) is 15.9. The normalized spacial score (nSPS) is 17.0. The number of ether oxygens (including phenoxy) is 2. The van der Waals surface area contributed by atoms with Crippen LogP contribution in [0.25, 0.3) is 0 Å². The summed E-state index contributed by atoms with van der Waals surface area (Å²) in [4.78, 5) is 12.4. The van der Waals surface area contributed by atoms with Crippen LogP contribution in [-0.2, 0) is 11.2 Å². The van der Waals surface area contributed by atoms with Gasteiger partial charge in [0.1, 0.15) is 5.54 Å². The van der Waals surface area contributed by atoms with Gasteiger partial charge < -0.3 is 20.1 Å². The van der Waals surface area contributed by atoms with Gasteiger partial charge in [0, 0.05) is 0 Å². The summed E-state index contributed by atoms with van der Waals surface area (Å²) in [5.41, 5.74) is 0.415. The van der Waals surface area contributed by atoms with Crippen LogP contribution in [-0.4, -0.2) is 38.3 Å². The lowest BCUT2D eigenvalue weighted by atomic mass is 9.82. The maximum Gasteiger partial charge on any atom is 0.238 e. The summed E-state index contributed by atoms with van der Waals surface area (Å²) in [6.45, 7) is 2.49. The molecule has 1 aliphatic carbocycles. The molecule has 2 N–H and O–H groups in total. The average Bonchev–Trinajstić information content (AvgIpc) is 2.68. The van der Waals surface area contributed by atoms with Crippen molar-refractivity contribution in [2.24, 2.45) is 0 Å². The third-order valence-electron chi connectivity index (χ3n) is 4.99. The van der Waals surface area contributed by atoms with Crippen molar-refractivity contribution in [2.75, 3.05) is 20.8 Å². The van der Waals surface area contributed by atoms with Crippen LogP contribution in [0.5, 0.6) is 11.5 Å². The summed E-state index contributed by atoms with van der Waals surface area (Å²) < 4.78 is 10.5. The Morgan fingerprint density at radius 3 is 2.54 bits per heavy atom. The molecule has 0 heterocycles. The number of rotatable bonds is 8. The highest BCUT2D eigenvalue weighted by molar-refractivity contribution is 5.82. The molecule has 1 aromatic carbocycles. The summed E-state index contributed by atoms with van der Waals surface area (Å²) in [5.74, 6) is 1.29.